The van der Waals surface area contributed by atoms with Crippen LogP contribution in [-0.2, 0) is 6.54 Å². The van der Waals surface area contributed by atoms with E-state index in [-0.39, 0.29) is 17.9 Å². The highest BCUT2D eigenvalue weighted by atomic mass is 16.5. The second kappa shape index (κ2) is 9.59. The molecule has 0 saturated carbocycles. The molecule has 1 atom stereocenters. The van der Waals surface area contributed by atoms with Crippen molar-refractivity contribution < 1.29 is 18.7 Å². The van der Waals surface area contributed by atoms with E-state index in [9.17, 15) is 9.59 Å². The molecular weight excluding hydrogens is 368 g/mol. The van der Waals surface area contributed by atoms with Crippen molar-refractivity contribution in [2.24, 2.45) is 0 Å². The molecule has 150 valence electrons. The molecule has 0 saturated heterocycles. The number of hydrogen-bond donors (Lipinski definition) is 2. The summed E-state index contributed by atoms with van der Waals surface area (Å²) in [4.78, 5) is 24.9. The Morgan fingerprint density at radius 2 is 1.76 bits per heavy atom. The van der Waals surface area contributed by atoms with Gasteiger partial charge >= 0.3 is 0 Å². The number of furan rings is 1. The molecular formula is C23H24N2O4. The lowest BCUT2D eigenvalue weighted by Gasteiger charge is -2.13. The summed E-state index contributed by atoms with van der Waals surface area (Å²) in [6.45, 7) is 4.32. The fraction of sp³-hybridized carbons (Fsp3) is 0.217. The summed E-state index contributed by atoms with van der Waals surface area (Å²) >= 11 is 0. The minimum atomic E-state index is -0.271. The second-order valence-electron chi connectivity index (χ2n) is 6.66. The molecule has 0 aliphatic rings. The van der Waals surface area contributed by atoms with Crippen molar-refractivity contribution in [2.45, 2.75) is 32.9 Å². The first-order valence-electron chi connectivity index (χ1n) is 9.54. The van der Waals surface area contributed by atoms with Crippen LogP contribution >= 0.6 is 0 Å². The molecule has 3 aromatic rings. The molecule has 2 aromatic carbocycles. The SMILES string of the molecule is CCC(C)Oc1cccc(C(=O)Nc2cccc(C(=O)NCc3ccco3)c2)c1. The molecule has 6 heteroatoms. The summed E-state index contributed by atoms with van der Waals surface area (Å²) in [5.74, 6) is 0.801. The molecule has 1 aromatic heterocycles. The average Bonchev–Trinajstić information content (AvgIpc) is 3.26. The molecule has 0 spiro atoms. The third kappa shape index (κ3) is 5.72. The standard InChI is InChI=1S/C23H24N2O4/c1-3-16(2)29-20-10-5-8-18(14-20)23(27)25-19-9-4-7-17(13-19)22(26)24-15-21-11-6-12-28-21/h4-14,16H,3,15H2,1-2H3,(H,24,26)(H,25,27). The summed E-state index contributed by atoms with van der Waals surface area (Å²) in [6, 6.07) is 17.4. The molecule has 0 radical (unpaired) electrons. The lowest BCUT2D eigenvalue weighted by molar-refractivity contribution is 0.0946. The van der Waals surface area contributed by atoms with Crippen LogP contribution in [0.15, 0.2) is 71.3 Å². The number of nitrogens with one attached hydrogen (secondary N) is 2. The highest BCUT2D eigenvalue weighted by Crippen LogP contribution is 2.18. The Balaban J connectivity index is 1.64. The first kappa shape index (κ1) is 20.2. The number of anilines is 1. The van der Waals surface area contributed by atoms with E-state index >= 15 is 0 Å². The molecule has 0 fully saturated rings. The maximum Gasteiger partial charge on any atom is 0.255 e. The van der Waals surface area contributed by atoms with Crippen molar-refractivity contribution in [1.29, 1.82) is 0 Å². The largest absolute Gasteiger partial charge is 0.491 e. The van der Waals surface area contributed by atoms with Crippen LogP contribution in [0.4, 0.5) is 5.69 Å². The molecule has 3 rings (SSSR count). The van der Waals surface area contributed by atoms with Gasteiger partial charge in [-0.05, 0) is 61.9 Å². The fourth-order valence-electron chi connectivity index (χ4n) is 2.65. The Labute approximate surface area is 169 Å². The van der Waals surface area contributed by atoms with Crippen LogP contribution in [-0.4, -0.2) is 17.9 Å². The molecule has 1 heterocycles. The molecule has 0 aliphatic heterocycles. The normalized spacial score (nSPS) is 11.5. The van der Waals surface area contributed by atoms with Crippen molar-refractivity contribution in [3.05, 3.63) is 83.8 Å². The van der Waals surface area contributed by atoms with Crippen LogP contribution in [0.25, 0.3) is 0 Å². The van der Waals surface area contributed by atoms with E-state index in [0.717, 1.165) is 6.42 Å². The van der Waals surface area contributed by atoms with Gasteiger partial charge in [-0.2, -0.15) is 0 Å². The molecule has 2 amide bonds. The van der Waals surface area contributed by atoms with E-state index < -0.39 is 0 Å². The third-order valence-corrected chi connectivity index (χ3v) is 4.39. The summed E-state index contributed by atoms with van der Waals surface area (Å²) in [5, 5.41) is 5.61. The number of carbonyl (C=O) groups is 2. The molecule has 1 unspecified atom stereocenters. The van der Waals surface area contributed by atoms with Crippen LogP contribution in [0.5, 0.6) is 5.75 Å². The quantitative estimate of drug-likeness (QED) is 0.585. The molecule has 0 aliphatic carbocycles. The summed E-state index contributed by atoms with van der Waals surface area (Å²) in [7, 11) is 0. The summed E-state index contributed by atoms with van der Waals surface area (Å²) in [6.07, 6.45) is 2.51. The molecule has 2 N–H and O–H groups in total. The van der Waals surface area contributed by atoms with E-state index in [1.807, 2.05) is 19.9 Å². The minimum absolute atomic E-state index is 0.0738. The number of benzene rings is 2. The topological polar surface area (TPSA) is 80.6 Å². The predicted octanol–water partition coefficient (Wildman–Crippen LogP) is 4.64. The summed E-state index contributed by atoms with van der Waals surface area (Å²) < 4.78 is 11.0. The second-order valence-corrected chi connectivity index (χ2v) is 6.66. The zero-order valence-electron chi connectivity index (χ0n) is 16.5. The van der Waals surface area contributed by atoms with Crippen LogP contribution in [0, 0.1) is 0 Å². The first-order chi connectivity index (χ1) is 14.0. The Bertz CT molecular complexity index is 967. The van der Waals surface area contributed by atoms with Gasteiger partial charge in [-0.3, -0.25) is 9.59 Å². The van der Waals surface area contributed by atoms with Gasteiger partial charge in [0.15, 0.2) is 0 Å². The Morgan fingerprint density at radius 1 is 1.00 bits per heavy atom. The number of amides is 2. The van der Waals surface area contributed by atoms with Crippen LogP contribution in [0.1, 0.15) is 46.7 Å². The third-order valence-electron chi connectivity index (χ3n) is 4.39. The number of hydrogen-bond acceptors (Lipinski definition) is 4. The van der Waals surface area contributed by atoms with E-state index in [1.165, 1.54) is 0 Å². The van der Waals surface area contributed by atoms with Gasteiger partial charge in [-0.25, -0.2) is 0 Å². The summed E-state index contributed by atoms with van der Waals surface area (Å²) in [5.41, 5.74) is 1.47. The minimum Gasteiger partial charge on any atom is -0.491 e. The van der Waals surface area contributed by atoms with E-state index in [0.29, 0.717) is 34.9 Å². The lowest BCUT2D eigenvalue weighted by atomic mass is 10.1. The van der Waals surface area contributed by atoms with Crippen molar-refractivity contribution in [2.75, 3.05) is 5.32 Å². The van der Waals surface area contributed by atoms with Gasteiger partial charge < -0.3 is 19.8 Å². The van der Waals surface area contributed by atoms with Crippen LogP contribution in [0.2, 0.25) is 0 Å². The van der Waals surface area contributed by atoms with Crippen molar-refractivity contribution >= 4 is 17.5 Å². The highest BCUT2D eigenvalue weighted by molar-refractivity contribution is 6.05. The van der Waals surface area contributed by atoms with E-state index in [1.54, 1.807) is 60.9 Å². The van der Waals surface area contributed by atoms with Gasteiger partial charge in [0.05, 0.1) is 18.9 Å². The Morgan fingerprint density at radius 3 is 2.48 bits per heavy atom. The number of ether oxygens (including phenoxy) is 1. The monoisotopic (exact) mass is 392 g/mol. The van der Waals surface area contributed by atoms with Gasteiger partial charge in [-0.15, -0.1) is 0 Å². The lowest BCUT2D eigenvalue weighted by Crippen LogP contribution is -2.22. The van der Waals surface area contributed by atoms with E-state index in [2.05, 4.69) is 10.6 Å². The highest BCUT2D eigenvalue weighted by Gasteiger charge is 2.11. The Hall–Kier alpha value is -3.54. The first-order valence-corrected chi connectivity index (χ1v) is 9.54. The Kier molecular flexibility index (Phi) is 6.68. The van der Waals surface area contributed by atoms with Crippen molar-refractivity contribution in [3.63, 3.8) is 0 Å². The van der Waals surface area contributed by atoms with Crippen LogP contribution in [0.3, 0.4) is 0 Å². The average molecular weight is 392 g/mol. The number of rotatable bonds is 8. The van der Waals surface area contributed by atoms with Gasteiger partial charge in [0, 0.05) is 16.8 Å². The van der Waals surface area contributed by atoms with Gasteiger partial charge in [0.25, 0.3) is 11.8 Å². The maximum atomic E-state index is 12.6. The maximum absolute atomic E-state index is 12.6. The zero-order valence-corrected chi connectivity index (χ0v) is 16.5. The van der Waals surface area contributed by atoms with Crippen LogP contribution < -0.4 is 15.4 Å². The fourth-order valence-corrected chi connectivity index (χ4v) is 2.65. The molecule has 29 heavy (non-hydrogen) atoms. The number of carbonyl (C=O) groups excluding carboxylic acids is 2. The van der Waals surface area contributed by atoms with Crippen molar-refractivity contribution in [1.82, 2.24) is 5.32 Å². The predicted molar refractivity (Wildman–Crippen MR) is 111 cm³/mol. The smallest absolute Gasteiger partial charge is 0.255 e. The van der Waals surface area contributed by atoms with E-state index in [4.69, 9.17) is 9.15 Å². The van der Waals surface area contributed by atoms with Gasteiger partial charge in [-0.1, -0.05) is 19.1 Å². The zero-order chi connectivity index (χ0) is 20.6. The molecule has 6 nitrogen and oxygen atoms in total. The van der Waals surface area contributed by atoms with Gasteiger partial charge in [0.2, 0.25) is 0 Å². The molecule has 0 bridgehead atoms. The van der Waals surface area contributed by atoms with Crippen molar-refractivity contribution in [3.8, 4) is 5.75 Å². The van der Waals surface area contributed by atoms with Gasteiger partial charge in [0.1, 0.15) is 11.5 Å².